The van der Waals surface area contributed by atoms with E-state index in [0.717, 1.165) is 0 Å². The molecule has 7 rings (SSSR count). The number of halogens is 12. The minimum atomic E-state index is -7.08. The van der Waals surface area contributed by atoms with Crippen molar-refractivity contribution in [1.29, 1.82) is 0 Å². The van der Waals surface area contributed by atoms with Crippen molar-refractivity contribution in [3.05, 3.63) is 205 Å². The van der Waals surface area contributed by atoms with Crippen molar-refractivity contribution in [3.63, 3.8) is 0 Å². The molecule has 0 spiro atoms. The second-order valence-electron chi connectivity index (χ2n) is 13.8. The first-order valence-electron chi connectivity index (χ1n) is 17.2. The van der Waals surface area contributed by atoms with Crippen LogP contribution in [0.25, 0.3) is 5.57 Å². The van der Waals surface area contributed by atoms with Gasteiger partial charge in [-0.15, -0.1) is 0 Å². The fraction of sp³-hybridized carbons (Fsp3) is 0.186. The summed E-state index contributed by atoms with van der Waals surface area (Å²) in [5.41, 5.74) is -17.2. The molecule has 5 aliphatic carbocycles. The van der Waals surface area contributed by atoms with Crippen LogP contribution >= 0.6 is 0 Å². The van der Waals surface area contributed by atoms with E-state index < -0.39 is 101 Å². The number of allylic oxidation sites excluding steroid dienone is 21. The molecule has 4 unspecified atom stereocenters. The zero-order valence-corrected chi connectivity index (χ0v) is 29.0. The molecule has 0 aromatic heterocycles. The van der Waals surface area contributed by atoms with Crippen LogP contribution in [-0.2, 0) is 0 Å². The van der Waals surface area contributed by atoms with Gasteiger partial charge in [0.1, 0.15) is 5.57 Å². The first kappa shape index (κ1) is 40.3. The van der Waals surface area contributed by atoms with E-state index in [0.29, 0.717) is 24.3 Å². The van der Waals surface area contributed by atoms with Crippen molar-refractivity contribution in [2.24, 2.45) is 0 Å². The van der Waals surface area contributed by atoms with Gasteiger partial charge in [0.2, 0.25) is 6.15 Å². The molecule has 2 aromatic carbocycles. The Kier molecular flexibility index (Phi) is 10.1. The van der Waals surface area contributed by atoms with Gasteiger partial charge in [0.25, 0.3) is 23.7 Å². The number of hydrogen-bond acceptors (Lipinski definition) is 0. The molecular weight excluding hydrogens is 755 g/mol. The van der Waals surface area contributed by atoms with Crippen molar-refractivity contribution in [2.45, 2.75) is 46.0 Å². The maximum Gasteiger partial charge on any atom is 0.271 e. The zero-order valence-electron chi connectivity index (χ0n) is 29.0. The summed E-state index contributed by atoms with van der Waals surface area (Å²) >= 11 is 0. The molecule has 0 heterocycles. The predicted octanol–water partition coefficient (Wildman–Crippen LogP) is 12.3. The third-order valence-corrected chi connectivity index (χ3v) is 10.8. The van der Waals surface area contributed by atoms with Gasteiger partial charge >= 0.3 is 0 Å². The summed E-state index contributed by atoms with van der Waals surface area (Å²) in [4.78, 5) is 0. The maximum absolute atomic E-state index is 17.0. The number of rotatable bonds is 6. The summed E-state index contributed by atoms with van der Waals surface area (Å²) in [7, 11) is 0. The van der Waals surface area contributed by atoms with E-state index >= 15 is 52.7 Å². The summed E-state index contributed by atoms with van der Waals surface area (Å²) in [6.45, 7) is 0. The highest BCUT2D eigenvalue weighted by Gasteiger charge is 2.91. The van der Waals surface area contributed by atoms with Crippen LogP contribution in [0.15, 0.2) is 188 Å². The molecule has 0 N–H and O–H groups in total. The third kappa shape index (κ3) is 5.75. The molecule has 0 fully saturated rings. The molecule has 0 saturated heterocycles. The lowest BCUT2D eigenvalue weighted by atomic mass is 8.98. The Hall–Kier alpha value is -5.33. The van der Waals surface area contributed by atoms with Gasteiger partial charge in [0.05, 0.1) is 27.8 Å². The molecule has 2 aromatic rings. The summed E-state index contributed by atoms with van der Waals surface area (Å²) in [6.07, 6.45) is 2.00. The molecule has 0 bridgehead atoms. The number of alkyl halides is 12. The van der Waals surface area contributed by atoms with Gasteiger partial charge in [0.15, 0.2) is 0 Å². The predicted molar refractivity (Wildman–Crippen MR) is 196 cm³/mol. The fourth-order valence-corrected chi connectivity index (χ4v) is 8.32. The Bertz CT molecular complexity index is 1920. The van der Waals surface area contributed by atoms with Crippen LogP contribution in [0.5, 0.6) is 0 Å². The minimum absolute atomic E-state index is 0.256. The Morgan fingerprint density at radius 3 is 0.946 bits per heavy atom. The highest BCUT2D eigenvalue weighted by Crippen LogP contribution is 2.69. The van der Waals surface area contributed by atoms with Crippen LogP contribution < -0.4 is 0 Å². The summed E-state index contributed by atoms with van der Waals surface area (Å²) in [5.74, 6) is -21.8. The van der Waals surface area contributed by atoms with Gasteiger partial charge in [-0.2, -0.15) is 0 Å². The van der Waals surface area contributed by atoms with E-state index in [-0.39, 0.29) is 24.3 Å². The van der Waals surface area contributed by atoms with E-state index in [1.54, 1.807) is 0 Å². The third-order valence-electron chi connectivity index (χ3n) is 10.8. The van der Waals surface area contributed by atoms with Gasteiger partial charge in [-0.25, -0.2) is 35.1 Å². The second kappa shape index (κ2) is 14.0. The van der Waals surface area contributed by atoms with Crippen molar-refractivity contribution >= 4 is 11.7 Å². The van der Waals surface area contributed by atoms with Crippen LogP contribution in [0.3, 0.4) is 0 Å². The highest BCUT2D eigenvalue weighted by atomic mass is 19.3. The van der Waals surface area contributed by atoms with E-state index in [4.69, 9.17) is 0 Å². The molecule has 0 amide bonds. The van der Waals surface area contributed by atoms with Crippen molar-refractivity contribution < 1.29 is 52.7 Å². The maximum atomic E-state index is 17.0. The van der Waals surface area contributed by atoms with E-state index in [1.165, 1.54) is 22.3 Å². The first-order chi connectivity index (χ1) is 26.3. The molecule has 0 aliphatic heterocycles. The van der Waals surface area contributed by atoms with Crippen molar-refractivity contribution in [3.8, 4) is 0 Å². The van der Waals surface area contributed by atoms with Crippen molar-refractivity contribution in [1.82, 2.24) is 0 Å². The van der Waals surface area contributed by atoms with E-state index in [1.807, 2.05) is 0 Å². The highest BCUT2D eigenvalue weighted by molar-refractivity contribution is 6.93. The smallest absolute Gasteiger partial charge is 0.271 e. The second-order valence-corrected chi connectivity index (χ2v) is 13.8. The van der Waals surface area contributed by atoms with Gasteiger partial charge in [-0.1, -0.05) is 109 Å². The number of hydrogen-bond donors (Lipinski definition) is 0. The average Bonchev–Trinajstić information content (AvgIpc) is 3.15. The minimum Gasteiger partial charge on any atom is -0.275 e. The normalized spacial score (nSPS) is 32.0. The SMILES string of the molecule is C1=C[CH+]C(=C(c2ccccc2)c2ccccc2)C=C1.FC1(F)C=CC=CC1(F)[B-](C1(F)C=CC=CC1(F)F)(C1(F)C=CC=CC1(F)F)C1(F)C=CC=CC1(F)F. The summed E-state index contributed by atoms with van der Waals surface area (Å²) in [5, 5.41) is 0. The molecule has 13 heteroatoms. The molecule has 4 atom stereocenters. The monoisotopic (exact) mass is 786 g/mol. The summed E-state index contributed by atoms with van der Waals surface area (Å²) < 4.78 is 192. The number of benzene rings is 2. The topological polar surface area (TPSA) is 0 Å². The van der Waals surface area contributed by atoms with Gasteiger partial charge in [-0.3, -0.25) is 17.6 Å². The molecule has 0 radical (unpaired) electrons. The van der Waals surface area contributed by atoms with Gasteiger partial charge in [-0.05, 0) is 48.6 Å². The molecule has 5 aliphatic rings. The molecule has 0 saturated carbocycles. The molecule has 0 nitrogen and oxygen atoms in total. The summed E-state index contributed by atoms with van der Waals surface area (Å²) in [6, 6.07) is 21.1. The quantitative estimate of drug-likeness (QED) is 0.155. The Morgan fingerprint density at radius 2 is 0.679 bits per heavy atom. The molecule has 56 heavy (non-hydrogen) atoms. The Labute approximate surface area is 315 Å². The first-order valence-corrected chi connectivity index (χ1v) is 17.2. The van der Waals surface area contributed by atoms with Crippen molar-refractivity contribution in [2.75, 3.05) is 0 Å². The van der Waals surface area contributed by atoms with Crippen LogP contribution in [0, 0.1) is 6.42 Å². The van der Waals surface area contributed by atoms with Crippen LogP contribution in [0.1, 0.15) is 11.1 Å². The lowest BCUT2D eigenvalue weighted by molar-refractivity contribution is -0.120. The molecular formula is C43H31BF12. The lowest BCUT2D eigenvalue weighted by Crippen LogP contribution is -2.95. The van der Waals surface area contributed by atoms with Crippen LogP contribution in [0.4, 0.5) is 52.7 Å². The Balaban J connectivity index is 0.000000233. The van der Waals surface area contributed by atoms with Crippen LogP contribution in [-0.4, -0.2) is 52.1 Å². The van der Waals surface area contributed by atoms with Gasteiger partial charge < -0.3 is 0 Å². The zero-order chi connectivity index (χ0) is 40.7. The Morgan fingerprint density at radius 1 is 0.375 bits per heavy atom. The fourth-order valence-electron chi connectivity index (χ4n) is 8.32. The van der Waals surface area contributed by atoms with E-state index in [9.17, 15) is 0 Å². The lowest BCUT2D eigenvalue weighted by Gasteiger charge is -2.70. The standard InChI is InChI=1S/C24H16BF12.C19H15/c26-17(9-1-5-13-21(17,30)31)25(18(27)10-2-6-14-22(18,32)33,19(28)11-3-7-15-23(19,34)35)20(29)12-4-8-16-24(20,36)37;1-4-10-16(11-5-1)19(17-12-6-2-7-13-17)18-14-8-3-9-15-18/h1-16H;1-15H/q-1;+1. The van der Waals surface area contributed by atoms with Crippen LogP contribution in [0.2, 0.25) is 0 Å². The van der Waals surface area contributed by atoms with E-state index in [2.05, 4.69) is 91.4 Å². The average molecular weight is 787 g/mol. The van der Waals surface area contributed by atoms with Gasteiger partial charge in [0, 0.05) is 41.9 Å². The molecule has 290 valence electrons. The largest absolute Gasteiger partial charge is 0.275 e.